The second-order valence-corrected chi connectivity index (χ2v) is 8.11. The number of aryl methyl sites for hydroxylation is 2. The fourth-order valence-electron chi connectivity index (χ4n) is 4.09. The monoisotopic (exact) mass is 360 g/mol. The lowest BCUT2D eigenvalue weighted by Gasteiger charge is -2.17. The fourth-order valence-corrected chi connectivity index (χ4v) is 4.09. The van der Waals surface area contributed by atoms with Crippen LogP contribution < -0.4 is 5.32 Å². The van der Waals surface area contributed by atoms with Gasteiger partial charge in [0, 0.05) is 30.6 Å². The van der Waals surface area contributed by atoms with Crippen LogP contribution in [0, 0.1) is 6.92 Å². The lowest BCUT2D eigenvalue weighted by atomic mass is 9.96. The molecule has 0 spiro atoms. The first kappa shape index (κ1) is 16.5. The molecule has 3 aromatic rings. The molecule has 2 saturated carbocycles. The number of fused-ring (bicyclic) bond motifs is 1. The first-order valence-electron chi connectivity index (χ1n) is 9.75. The van der Waals surface area contributed by atoms with Gasteiger partial charge < -0.3 is 5.32 Å². The Balaban J connectivity index is 1.46. The zero-order valence-corrected chi connectivity index (χ0v) is 15.8. The molecule has 1 amide bonds. The quantitative estimate of drug-likeness (QED) is 0.756. The van der Waals surface area contributed by atoms with Crippen molar-refractivity contribution in [2.24, 2.45) is 7.05 Å². The van der Waals surface area contributed by atoms with Crippen molar-refractivity contribution in [3.8, 4) is 0 Å². The highest BCUT2D eigenvalue weighted by Crippen LogP contribution is 2.47. The number of nitrogens with zero attached hydrogens (tertiary/aromatic N) is 3. The molecule has 0 saturated heterocycles. The van der Waals surface area contributed by atoms with Crippen molar-refractivity contribution in [2.75, 3.05) is 6.54 Å². The molecule has 2 aliphatic rings. The predicted molar refractivity (Wildman–Crippen MR) is 105 cm³/mol. The molecule has 2 heterocycles. The number of rotatable bonds is 5. The maximum atomic E-state index is 13.1. The van der Waals surface area contributed by atoms with E-state index in [9.17, 15) is 4.79 Å². The number of carbonyl (C=O) groups is 1. The molecule has 138 valence electrons. The number of pyridine rings is 1. The van der Waals surface area contributed by atoms with E-state index < -0.39 is 0 Å². The van der Waals surface area contributed by atoms with Crippen LogP contribution in [0.3, 0.4) is 0 Å². The molecule has 2 aromatic heterocycles. The third-order valence-corrected chi connectivity index (χ3v) is 6.06. The Morgan fingerprint density at radius 2 is 2.00 bits per heavy atom. The van der Waals surface area contributed by atoms with E-state index in [1.807, 2.05) is 26.1 Å². The van der Waals surface area contributed by atoms with Crippen LogP contribution in [0.4, 0.5) is 0 Å². The summed E-state index contributed by atoms with van der Waals surface area (Å²) in [5, 5.41) is 8.59. The van der Waals surface area contributed by atoms with E-state index in [0.29, 0.717) is 12.5 Å². The van der Waals surface area contributed by atoms with E-state index in [1.54, 1.807) is 4.68 Å². The molecule has 1 N–H and O–H groups in total. The van der Waals surface area contributed by atoms with Crippen molar-refractivity contribution in [2.45, 2.75) is 43.9 Å². The van der Waals surface area contributed by atoms with Gasteiger partial charge in [0.1, 0.15) is 0 Å². The number of benzene rings is 1. The van der Waals surface area contributed by atoms with Crippen molar-refractivity contribution in [1.29, 1.82) is 0 Å². The van der Waals surface area contributed by atoms with E-state index in [0.717, 1.165) is 53.7 Å². The van der Waals surface area contributed by atoms with Gasteiger partial charge in [0.15, 0.2) is 5.65 Å². The topological polar surface area (TPSA) is 59.8 Å². The molecule has 0 unspecified atom stereocenters. The van der Waals surface area contributed by atoms with E-state index in [-0.39, 0.29) is 11.3 Å². The van der Waals surface area contributed by atoms with Gasteiger partial charge in [-0.15, -0.1) is 0 Å². The molecule has 0 bridgehead atoms. The molecule has 5 rings (SSSR count). The maximum absolute atomic E-state index is 13.1. The van der Waals surface area contributed by atoms with E-state index in [1.165, 1.54) is 5.56 Å². The summed E-state index contributed by atoms with van der Waals surface area (Å²) in [7, 11) is 1.90. The van der Waals surface area contributed by atoms with Gasteiger partial charge in [0.25, 0.3) is 5.91 Å². The molecule has 1 aromatic carbocycles. The van der Waals surface area contributed by atoms with E-state index in [4.69, 9.17) is 4.98 Å². The molecule has 2 aliphatic carbocycles. The summed E-state index contributed by atoms with van der Waals surface area (Å²) in [5.41, 5.74) is 4.84. The summed E-state index contributed by atoms with van der Waals surface area (Å²) in [4.78, 5) is 17.9. The Morgan fingerprint density at radius 3 is 2.67 bits per heavy atom. The number of hydrogen-bond donors (Lipinski definition) is 1. The number of aromatic nitrogens is 3. The van der Waals surface area contributed by atoms with Gasteiger partial charge in [-0.3, -0.25) is 9.48 Å². The van der Waals surface area contributed by atoms with Crippen LogP contribution in [-0.4, -0.2) is 27.2 Å². The number of hydrogen-bond acceptors (Lipinski definition) is 3. The Bertz CT molecular complexity index is 1030. The van der Waals surface area contributed by atoms with Gasteiger partial charge in [0.05, 0.1) is 16.6 Å². The number of carbonyl (C=O) groups excluding carboxylic acids is 1. The molecule has 0 radical (unpaired) electrons. The second-order valence-electron chi connectivity index (χ2n) is 8.11. The zero-order chi connectivity index (χ0) is 18.6. The summed E-state index contributed by atoms with van der Waals surface area (Å²) in [5.74, 6) is 0.484. The van der Waals surface area contributed by atoms with Gasteiger partial charge in [-0.25, -0.2) is 4.98 Å². The molecular weight excluding hydrogens is 336 g/mol. The Labute approximate surface area is 158 Å². The lowest BCUT2D eigenvalue weighted by Crippen LogP contribution is -2.32. The van der Waals surface area contributed by atoms with Gasteiger partial charge in [-0.2, -0.15) is 5.10 Å². The third-order valence-electron chi connectivity index (χ3n) is 6.06. The van der Waals surface area contributed by atoms with Crippen molar-refractivity contribution in [3.63, 3.8) is 0 Å². The smallest absolute Gasteiger partial charge is 0.252 e. The summed E-state index contributed by atoms with van der Waals surface area (Å²) >= 11 is 0. The van der Waals surface area contributed by atoms with Crippen LogP contribution in [0.5, 0.6) is 0 Å². The van der Waals surface area contributed by atoms with E-state index >= 15 is 0 Å². The standard InChI is InChI=1S/C22H24N4O/c1-14-19-17(12-18(15-8-9-15)24-20(19)26(2)25-14)21(27)23-13-22(10-11-22)16-6-4-3-5-7-16/h3-7,12,15H,8-11,13H2,1-2H3,(H,23,27). The largest absolute Gasteiger partial charge is 0.351 e. The minimum absolute atomic E-state index is 0.0115. The van der Waals surface area contributed by atoms with Gasteiger partial charge >= 0.3 is 0 Å². The molecule has 5 nitrogen and oxygen atoms in total. The SMILES string of the molecule is Cc1nn(C)c2nc(C3CC3)cc(C(=O)NCC3(c4ccccc4)CC3)c12. The highest BCUT2D eigenvalue weighted by molar-refractivity contribution is 6.06. The minimum Gasteiger partial charge on any atom is -0.351 e. The Kier molecular flexibility index (Phi) is 3.61. The number of amides is 1. The summed E-state index contributed by atoms with van der Waals surface area (Å²) in [6, 6.07) is 12.5. The van der Waals surface area contributed by atoms with Gasteiger partial charge in [-0.1, -0.05) is 30.3 Å². The first-order chi connectivity index (χ1) is 13.1. The predicted octanol–water partition coefficient (Wildman–Crippen LogP) is 3.62. The van der Waals surface area contributed by atoms with Crippen molar-refractivity contribution < 1.29 is 4.79 Å². The molecule has 27 heavy (non-hydrogen) atoms. The number of nitrogens with one attached hydrogen (secondary N) is 1. The molecular formula is C22H24N4O. The molecule has 5 heteroatoms. The maximum Gasteiger partial charge on any atom is 0.252 e. The van der Waals surface area contributed by atoms with E-state index in [2.05, 4.69) is 34.7 Å². The molecule has 0 aliphatic heterocycles. The van der Waals surface area contributed by atoms with Crippen LogP contribution in [0.2, 0.25) is 0 Å². The highest BCUT2D eigenvalue weighted by Gasteiger charge is 2.44. The summed E-state index contributed by atoms with van der Waals surface area (Å²) in [6.45, 7) is 2.63. The van der Waals surface area contributed by atoms with Crippen LogP contribution in [0.1, 0.15) is 58.9 Å². The van der Waals surface area contributed by atoms with Crippen LogP contribution in [0.25, 0.3) is 11.0 Å². The summed E-state index contributed by atoms with van der Waals surface area (Å²) < 4.78 is 1.79. The van der Waals surface area contributed by atoms with Crippen molar-refractivity contribution in [1.82, 2.24) is 20.1 Å². The Morgan fingerprint density at radius 1 is 1.26 bits per heavy atom. The highest BCUT2D eigenvalue weighted by atomic mass is 16.1. The Hall–Kier alpha value is -2.69. The minimum atomic E-state index is -0.0115. The van der Waals surface area contributed by atoms with Gasteiger partial charge in [-0.05, 0) is 44.2 Å². The average Bonchev–Trinajstić information content (AvgIpc) is 3.60. The molecule has 2 fully saturated rings. The second kappa shape index (κ2) is 5.91. The van der Waals surface area contributed by atoms with Crippen LogP contribution in [-0.2, 0) is 12.5 Å². The average molecular weight is 360 g/mol. The van der Waals surface area contributed by atoms with Crippen LogP contribution in [0.15, 0.2) is 36.4 Å². The fraction of sp³-hybridized carbons (Fsp3) is 0.409. The lowest BCUT2D eigenvalue weighted by molar-refractivity contribution is 0.0951. The summed E-state index contributed by atoms with van der Waals surface area (Å²) in [6.07, 6.45) is 4.58. The zero-order valence-electron chi connectivity index (χ0n) is 15.8. The third kappa shape index (κ3) is 2.82. The van der Waals surface area contributed by atoms with Crippen LogP contribution >= 0.6 is 0 Å². The normalized spacial score (nSPS) is 17.9. The van der Waals surface area contributed by atoms with Crippen molar-refractivity contribution >= 4 is 16.9 Å². The van der Waals surface area contributed by atoms with Crippen molar-refractivity contribution in [3.05, 3.63) is 58.9 Å². The molecule has 0 atom stereocenters. The first-order valence-corrected chi connectivity index (χ1v) is 9.75. The van der Waals surface area contributed by atoms with Gasteiger partial charge in [0.2, 0.25) is 0 Å².